The highest BCUT2D eigenvalue weighted by atomic mass is 32.3. The predicted octanol–water partition coefficient (Wildman–Crippen LogP) is 2.74. The van der Waals surface area contributed by atoms with Crippen LogP contribution in [0.1, 0.15) is 44.9 Å². The first-order valence-corrected chi connectivity index (χ1v) is 7.73. The lowest BCUT2D eigenvalue weighted by molar-refractivity contribution is 0.0945. The summed E-state index contributed by atoms with van der Waals surface area (Å²) >= 11 is 0. The van der Waals surface area contributed by atoms with E-state index in [0.29, 0.717) is 6.61 Å². The molecule has 108 valence electrons. The molecular formula is C12H24O5S. The molecule has 0 saturated carbocycles. The van der Waals surface area contributed by atoms with Gasteiger partial charge in [-0.25, -0.2) is 4.18 Å². The van der Waals surface area contributed by atoms with Gasteiger partial charge in [0, 0.05) is 6.61 Å². The number of unbranched alkanes of at least 4 members (excludes halogenated alkanes) is 6. The maximum atomic E-state index is 10.2. The number of hydrogen-bond donors (Lipinski definition) is 1. The smallest absolute Gasteiger partial charge is 0.379 e. The highest BCUT2D eigenvalue weighted by Gasteiger charge is 2.02. The van der Waals surface area contributed by atoms with E-state index in [1.54, 1.807) is 0 Å². The van der Waals surface area contributed by atoms with Crippen LogP contribution in [0.25, 0.3) is 0 Å². The molecule has 0 spiro atoms. The normalized spacial score (nSPS) is 11.6. The molecule has 0 amide bonds. The lowest BCUT2D eigenvalue weighted by Gasteiger charge is -2.04. The number of allylic oxidation sites excluding steroid dienone is 1. The van der Waals surface area contributed by atoms with Crippen LogP contribution in [0.15, 0.2) is 12.7 Å². The van der Waals surface area contributed by atoms with Crippen LogP contribution < -0.4 is 0 Å². The van der Waals surface area contributed by atoms with Gasteiger partial charge in [0.25, 0.3) is 0 Å². The van der Waals surface area contributed by atoms with Crippen molar-refractivity contribution in [2.24, 2.45) is 0 Å². The van der Waals surface area contributed by atoms with Gasteiger partial charge in [-0.3, -0.25) is 4.55 Å². The maximum absolute atomic E-state index is 10.2. The first-order chi connectivity index (χ1) is 8.56. The third-order valence-corrected chi connectivity index (χ3v) is 2.87. The Hall–Kier alpha value is -0.430. The molecule has 5 nitrogen and oxygen atoms in total. The minimum atomic E-state index is -4.32. The summed E-state index contributed by atoms with van der Waals surface area (Å²) in [5.41, 5.74) is 0. The van der Waals surface area contributed by atoms with Crippen molar-refractivity contribution in [2.75, 3.05) is 19.8 Å². The van der Waals surface area contributed by atoms with Gasteiger partial charge in [0.05, 0.1) is 13.2 Å². The quantitative estimate of drug-likeness (QED) is 0.319. The second-order valence-corrected chi connectivity index (χ2v) is 5.15. The van der Waals surface area contributed by atoms with Gasteiger partial charge in [0.1, 0.15) is 0 Å². The molecule has 0 unspecified atom stereocenters. The summed E-state index contributed by atoms with van der Waals surface area (Å²) in [7, 11) is -4.32. The van der Waals surface area contributed by atoms with Crippen molar-refractivity contribution in [3.63, 3.8) is 0 Å². The lowest BCUT2D eigenvalue weighted by atomic mass is 10.1. The van der Waals surface area contributed by atoms with Crippen molar-refractivity contribution in [3.05, 3.63) is 12.7 Å². The average Bonchev–Trinajstić information content (AvgIpc) is 2.29. The number of ether oxygens (including phenoxy) is 1. The minimum Gasteiger partial charge on any atom is -0.379 e. The van der Waals surface area contributed by atoms with Gasteiger partial charge in [0.2, 0.25) is 0 Å². The maximum Gasteiger partial charge on any atom is 0.397 e. The summed E-state index contributed by atoms with van der Waals surface area (Å²) < 4.78 is 37.9. The van der Waals surface area contributed by atoms with Crippen molar-refractivity contribution in [1.29, 1.82) is 0 Å². The average molecular weight is 280 g/mol. The monoisotopic (exact) mass is 280 g/mol. The Balaban J connectivity index is 3.05. The molecule has 0 aromatic rings. The fraction of sp³-hybridized carbons (Fsp3) is 0.833. The molecule has 0 heterocycles. The first-order valence-electron chi connectivity index (χ1n) is 6.37. The van der Waals surface area contributed by atoms with Gasteiger partial charge < -0.3 is 4.74 Å². The van der Waals surface area contributed by atoms with Gasteiger partial charge in [-0.05, 0) is 19.3 Å². The van der Waals surface area contributed by atoms with Crippen LogP contribution in [0.2, 0.25) is 0 Å². The largest absolute Gasteiger partial charge is 0.397 e. The molecule has 0 aliphatic heterocycles. The highest BCUT2D eigenvalue weighted by Crippen LogP contribution is 2.07. The summed E-state index contributed by atoms with van der Waals surface area (Å²) in [5.74, 6) is 0. The molecule has 0 bridgehead atoms. The van der Waals surface area contributed by atoms with E-state index in [1.165, 1.54) is 25.7 Å². The zero-order valence-electron chi connectivity index (χ0n) is 10.8. The van der Waals surface area contributed by atoms with Crippen LogP contribution >= 0.6 is 0 Å². The van der Waals surface area contributed by atoms with E-state index in [9.17, 15) is 8.42 Å². The SMILES string of the molecule is C=CCCCCCCCCOCCOS(=O)(=O)O. The van der Waals surface area contributed by atoms with Gasteiger partial charge in [-0.2, -0.15) is 8.42 Å². The molecule has 18 heavy (non-hydrogen) atoms. The summed E-state index contributed by atoms with van der Waals surface area (Å²) in [6, 6.07) is 0. The lowest BCUT2D eigenvalue weighted by Crippen LogP contribution is -2.10. The third kappa shape index (κ3) is 15.6. The molecule has 0 aromatic heterocycles. The predicted molar refractivity (Wildman–Crippen MR) is 70.8 cm³/mol. The minimum absolute atomic E-state index is 0.139. The molecular weight excluding hydrogens is 256 g/mol. The molecule has 0 fully saturated rings. The Bertz CT molecular complexity index is 287. The molecule has 6 heteroatoms. The molecule has 1 N–H and O–H groups in total. The third-order valence-electron chi connectivity index (χ3n) is 2.41. The second-order valence-electron chi connectivity index (χ2n) is 4.06. The van der Waals surface area contributed by atoms with E-state index in [-0.39, 0.29) is 13.2 Å². The molecule has 0 radical (unpaired) electrons. The standard InChI is InChI=1S/C12H24O5S/c1-2-3-4-5-6-7-8-9-10-16-11-12-17-18(13,14)15/h2H,1,3-12H2,(H,13,14,15). The zero-order valence-corrected chi connectivity index (χ0v) is 11.7. The van der Waals surface area contributed by atoms with Crippen molar-refractivity contribution in [2.45, 2.75) is 44.9 Å². The number of hydrogen-bond acceptors (Lipinski definition) is 4. The summed E-state index contributed by atoms with van der Waals surface area (Å²) in [5, 5.41) is 0. The Kier molecular flexibility index (Phi) is 11.4. The summed E-state index contributed by atoms with van der Waals surface area (Å²) in [6.07, 6.45) is 10.0. The molecule has 0 atom stereocenters. The highest BCUT2D eigenvalue weighted by molar-refractivity contribution is 7.80. The van der Waals surface area contributed by atoms with Crippen LogP contribution in [-0.4, -0.2) is 32.8 Å². The van der Waals surface area contributed by atoms with Crippen molar-refractivity contribution in [1.82, 2.24) is 0 Å². The fourth-order valence-electron chi connectivity index (χ4n) is 1.50. The van der Waals surface area contributed by atoms with Crippen LogP contribution in [-0.2, 0) is 19.3 Å². The van der Waals surface area contributed by atoms with Gasteiger partial charge >= 0.3 is 10.4 Å². The Morgan fingerprint density at radius 3 is 2.17 bits per heavy atom. The van der Waals surface area contributed by atoms with E-state index in [4.69, 9.17) is 9.29 Å². The topological polar surface area (TPSA) is 72.8 Å². The second kappa shape index (κ2) is 11.6. The number of rotatable bonds is 13. The van der Waals surface area contributed by atoms with E-state index in [0.717, 1.165) is 19.3 Å². The molecule has 0 aromatic carbocycles. The molecule has 0 saturated heterocycles. The van der Waals surface area contributed by atoms with E-state index in [2.05, 4.69) is 10.8 Å². The van der Waals surface area contributed by atoms with Crippen molar-refractivity contribution in [3.8, 4) is 0 Å². The Labute approximate surface area is 110 Å². The fourth-order valence-corrected chi connectivity index (χ4v) is 1.78. The molecule has 0 aliphatic rings. The van der Waals surface area contributed by atoms with Gasteiger partial charge in [-0.1, -0.05) is 31.8 Å². The molecule has 0 rings (SSSR count). The van der Waals surface area contributed by atoms with Crippen LogP contribution in [0.5, 0.6) is 0 Å². The van der Waals surface area contributed by atoms with Crippen LogP contribution in [0, 0.1) is 0 Å². The van der Waals surface area contributed by atoms with E-state index >= 15 is 0 Å². The van der Waals surface area contributed by atoms with Crippen molar-refractivity contribution >= 4 is 10.4 Å². The van der Waals surface area contributed by atoms with Gasteiger partial charge in [0.15, 0.2) is 0 Å². The Morgan fingerprint density at radius 2 is 1.56 bits per heavy atom. The van der Waals surface area contributed by atoms with Crippen LogP contribution in [0.4, 0.5) is 0 Å². The van der Waals surface area contributed by atoms with Crippen molar-refractivity contribution < 1.29 is 21.9 Å². The first kappa shape index (κ1) is 17.6. The van der Waals surface area contributed by atoms with E-state index < -0.39 is 10.4 Å². The summed E-state index contributed by atoms with van der Waals surface area (Å²) in [6.45, 7) is 4.32. The van der Waals surface area contributed by atoms with E-state index in [1.807, 2.05) is 6.08 Å². The Morgan fingerprint density at radius 1 is 0.944 bits per heavy atom. The molecule has 0 aliphatic carbocycles. The van der Waals surface area contributed by atoms with Gasteiger partial charge in [-0.15, -0.1) is 6.58 Å². The summed E-state index contributed by atoms with van der Waals surface area (Å²) in [4.78, 5) is 0. The van der Waals surface area contributed by atoms with Crippen LogP contribution in [0.3, 0.4) is 0 Å². The zero-order chi connectivity index (χ0) is 13.7.